The van der Waals surface area contributed by atoms with E-state index in [2.05, 4.69) is 15.0 Å². The van der Waals surface area contributed by atoms with Crippen LogP contribution in [-0.2, 0) is 0 Å². The van der Waals surface area contributed by atoms with E-state index in [-0.39, 0.29) is 11.8 Å². The number of amides is 1. The lowest BCUT2D eigenvalue weighted by atomic mass is 10.2. The number of anilines is 1. The van der Waals surface area contributed by atoms with Gasteiger partial charge < -0.3 is 10.1 Å². The zero-order chi connectivity index (χ0) is 13.7. The molecule has 0 saturated heterocycles. The van der Waals surface area contributed by atoms with E-state index >= 15 is 0 Å². The van der Waals surface area contributed by atoms with Gasteiger partial charge in [0.15, 0.2) is 0 Å². The smallest absolute Gasteiger partial charge is 0.395 e. The number of aromatic nitrogens is 1. The van der Waals surface area contributed by atoms with Crippen LogP contribution < -0.4 is 10.1 Å². The number of nitrogens with zero attached hydrogens (tertiary/aromatic N) is 1. The van der Waals surface area contributed by atoms with Gasteiger partial charge in [-0.05, 0) is 18.2 Å². The van der Waals surface area contributed by atoms with Crippen molar-refractivity contribution in [2.24, 2.45) is 0 Å². The normalized spacial score (nSPS) is 9.74. The Morgan fingerprint density at radius 1 is 1.11 bits per heavy atom. The predicted molar refractivity (Wildman–Crippen MR) is 70.5 cm³/mol. The topological polar surface area (TPSA) is 68.3 Å². The van der Waals surface area contributed by atoms with Crippen LogP contribution in [-0.4, -0.2) is 16.3 Å². The van der Waals surface area contributed by atoms with E-state index in [9.17, 15) is 9.59 Å². The molecule has 1 heterocycles. The van der Waals surface area contributed by atoms with Crippen LogP contribution in [0.3, 0.4) is 0 Å². The van der Waals surface area contributed by atoms with Gasteiger partial charge in [-0.1, -0.05) is 18.2 Å². The van der Waals surface area contributed by atoms with E-state index in [4.69, 9.17) is 11.6 Å². The molecule has 0 radical (unpaired) electrons. The van der Waals surface area contributed by atoms with Gasteiger partial charge in [0, 0.05) is 23.2 Å². The molecular weight excluding hydrogens is 268 g/mol. The van der Waals surface area contributed by atoms with Gasteiger partial charge in [0.1, 0.15) is 0 Å². The van der Waals surface area contributed by atoms with Gasteiger partial charge in [-0.2, -0.15) is 0 Å². The molecule has 0 unspecified atom stereocenters. The second-order valence-electron chi connectivity index (χ2n) is 3.54. The molecule has 2 aromatic rings. The SMILES string of the molecule is O=C(Cl)Oc1ccc(NC(=O)c2ccccc2)cn1. The summed E-state index contributed by atoms with van der Waals surface area (Å²) in [5, 5.41) is 2.66. The number of carbonyl (C=O) groups excluding carboxylic acids is 2. The molecule has 0 aliphatic carbocycles. The molecule has 0 saturated carbocycles. The van der Waals surface area contributed by atoms with Crippen molar-refractivity contribution in [3.8, 4) is 5.88 Å². The van der Waals surface area contributed by atoms with E-state index < -0.39 is 5.43 Å². The highest BCUT2D eigenvalue weighted by Crippen LogP contribution is 2.13. The van der Waals surface area contributed by atoms with Crippen molar-refractivity contribution in [3.05, 3.63) is 54.2 Å². The number of nitrogens with one attached hydrogen (secondary N) is 1. The van der Waals surface area contributed by atoms with E-state index in [1.807, 2.05) is 6.07 Å². The van der Waals surface area contributed by atoms with Crippen molar-refractivity contribution in [2.75, 3.05) is 5.32 Å². The number of pyridine rings is 1. The summed E-state index contributed by atoms with van der Waals surface area (Å²) in [5.41, 5.74) is 0.0653. The van der Waals surface area contributed by atoms with Crippen LogP contribution in [0.5, 0.6) is 5.88 Å². The van der Waals surface area contributed by atoms with Gasteiger partial charge in [0.25, 0.3) is 5.91 Å². The van der Waals surface area contributed by atoms with E-state index in [1.54, 1.807) is 30.3 Å². The lowest BCUT2D eigenvalue weighted by Crippen LogP contribution is -2.11. The molecule has 1 aromatic carbocycles. The van der Waals surface area contributed by atoms with Crippen molar-refractivity contribution < 1.29 is 14.3 Å². The first-order valence-electron chi connectivity index (χ1n) is 5.35. The summed E-state index contributed by atoms with van der Waals surface area (Å²) in [6, 6.07) is 11.8. The summed E-state index contributed by atoms with van der Waals surface area (Å²) >= 11 is 5.05. The Hall–Kier alpha value is -2.40. The molecule has 19 heavy (non-hydrogen) atoms. The fraction of sp³-hybridized carbons (Fsp3) is 0. The molecule has 0 spiro atoms. The Bertz CT molecular complexity index is 585. The Morgan fingerprint density at radius 3 is 2.42 bits per heavy atom. The first-order valence-corrected chi connectivity index (χ1v) is 5.73. The van der Waals surface area contributed by atoms with E-state index in [0.717, 1.165) is 0 Å². The van der Waals surface area contributed by atoms with Crippen LogP contribution in [0.2, 0.25) is 0 Å². The van der Waals surface area contributed by atoms with Crippen LogP contribution in [0.25, 0.3) is 0 Å². The molecule has 1 N–H and O–H groups in total. The van der Waals surface area contributed by atoms with Gasteiger partial charge >= 0.3 is 5.43 Å². The zero-order valence-electron chi connectivity index (χ0n) is 9.67. The van der Waals surface area contributed by atoms with Crippen LogP contribution in [0, 0.1) is 0 Å². The average Bonchev–Trinajstić information content (AvgIpc) is 2.41. The second-order valence-corrected chi connectivity index (χ2v) is 3.85. The first-order chi connectivity index (χ1) is 9.15. The summed E-state index contributed by atoms with van der Waals surface area (Å²) in [5.74, 6) is -0.179. The number of hydrogen-bond acceptors (Lipinski definition) is 4. The molecule has 2 rings (SSSR count). The highest BCUT2D eigenvalue weighted by Gasteiger charge is 2.06. The predicted octanol–water partition coefficient (Wildman–Crippen LogP) is 3.07. The summed E-state index contributed by atoms with van der Waals surface area (Å²) in [6.07, 6.45) is 1.37. The van der Waals surface area contributed by atoms with Crippen LogP contribution >= 0.6 is 11.6 Å². The fourth-order valence-corrected chi connectivity index (χ4v) is 1.47. The number of ether oxygens (including phenoxy) is 1. The number of halogens is 1. The lowest BCUT2D eigenvalue weighted by Gasteiger charge is -2.05. The Kier molecular flexibility index (Phi) is 4.10. The molecule has 6 heteroatoms. The molecule has 1 aromatic heterocycles. The number of carbonyl (C=O) groups is 2. The Labute approximate surface area is 114 Å². The maximum absolute atomic E-state index is 11.8. The quantitative estimate of drug-likeness (QED) is 0.875. The maximum atomic E-state index is 11.8. The molecule has 0 atom stereocenters. The minimum atomic E-state index is -0.964. The van der Waals surface area contributed by atoms with Gasteiger partial charge in [-0.3, -0.25) is 4.79 Å². The van der Waals surface area contributed by atoms with Crippen molar-refractivity contribution in [1.29, 1.82) is 0 Å². The average molecular weight is 277 g/mol. The number of hydrogen-bond donors (Lipinski definition) is 1. The highest BCUT2D eigenvalue weighted by atomic mass is 35.5. The standard InChI is InChI=1S/C13H9ClN2O3/c14-13(18)19-11-7-6-10(8-15-11)16-12(17)9-4-2-1-3-5-9/h1-8H,(H,16,17). The summed E-state index contributed by atoms with van der Waals surface area (Å²) < 4.78 is 4.56. The summed E-state index contributed by atoms with van der Waals surface area (Å²) in [4.78, 5) is 26.1. The summed E-state index contributed by atoms with van der Waals surface area (Å²) in [6.45, 7) is 0. The first kappa shape index (κ1) is 13.0. The highest BCUT2D eigenvalue weighted by molar-refractivity contribution is 6.61. The van der Waals surface area contributed by atoms with Gasteiger partial charge in [-0.25, -0.2) is 9.78 Å². The lowest BCUT2D eigenvalue weighted by molar-refractivity contribution is 0.102. The fourth-order valence-electron chi connectivity index (χ4n) is 1.39. The molecule has 0 aliphatic rings. The van der Waals surface area contributed by atoms with Crippen LogP contribution in [0.4, 0.5) is 10.5 Å². The van der Waals surface area contributed by atoms with Crippen LogP contribution in [0.15, 0.2) is 48.7 Å². The minimum Gasteiger partial charge on any atom is -0.395 e. The van der Waals surface area contributed by atoms with Gasteiger partial charge in [0.05, 0.1) is 11.9 Å². The van der Waals surface area contributed by atoms with E-state index in [0.29, 0.717) is 11.3 Å². The molecular formula is C13H9ClN2O3. The zero-order valence-corrected chi connectivity index (χ0v) is 10.4. The monoisotopic (exact) mass is 276 g/mol. The van der Waals surface area contributed by atoms with Crippen molar-refractivity contribution in [2.45, 2.75) is 0 Å². The second kappa shape index (κ2) is 5.97. The largest absolute Gasteiger partial charge is 0.410 e. The molecule has 0 fully saturated rings. The van der Waals surface area contributed by atoms with Crippen molar-refractivity contribution >= 4 is 28.6 Å². The molecule has 96 valence electrons. The van der Waals surface area contributed by atoms with E-state index in [1.165, 1.54) is 12.3 Å². The number of benzene rings is 1. The van der Waals surface area contributed by atoms with Crippen LogP contribution in [0.1, 0.15) is 10.4 Å². The van der Waals surface area contributed by atoms with Crippen molar-refractivity contribution in [1.82, 2.24) is 4.98 Å². The maximum Gasteiger partial charge on any atom is 0.410 e. The Balaban J connectivity index is 2.04. The van der Waals surface area contributed by atoms with Gasteiger partial charge in [0.2, 0.25) is 5.88 Å². The third kappa shape index (κ3) is 3.79. The Morgan fingerprint density at radius 2 is 1.84 bits per heavy atom. The molecule has 0 bridgehead atoms. The minimum absolute atomic E-state index is 0.0673. The third-order valence-corrected chi connectivity index (χ3v) is 2.29. The molecule has 1 amide bonds. The summed E-state index contributed by atoms with van der Waals surface area (Å²) in [7, 11) is 0. The van der Waals surface area contributed by atoms with Gasteiger partial charge in [-0.15, -0.1) is 0 Å². The van der Waals surface area contributed by atoms with Crippen molar-refractivity contribution in [3.63, 3.8) is 0 Å². The molecule has 5 nitrogen and oxygen atoms in total. The molecule has 0 aliphatic heterocycles. The third-order valence-electron chi connectivity index (χ3n) is 2.22. The number of rotatable bonds is 3.